The van der Waals surface area contributed by atoms with Gasteiger partial charge in [-0.2, -0.15) is 5.10 Å². The fourth-order valence-electron chi connectivity index (χ4n) is 2.96. The van der Waals surface area contributed by atoms with Crippen molar-refractivity contribution in [1.82, 2.24) is 9.97 Å². The number of benzene rings is 1. The summed E-state index contributed by atoms with van der Waals surface area (Å²) in [5.41, 5.74) is 5.26. The minimum Gasteiger partial charge on any atom is -0.511 e. The van der Waals surface area contributed by atoms with Crippen molar-refractivity contribution in [1.29, 1.82) is 0 Å². The number of halogens is 1. The Bertz CT molecular complexity index is 871. The molecular weight excluding hydrogens is 335 g/mol. The Labute approximate surface area is 150 Å². The van der Waals surface area contributed by atoms with E-state index in [4.69, 9.17) is 0 Å². The number of rotatable bonds is 4. The maximum atomic E-state index is 13.0. The average Bonchev–Trinajstić information content (AvgIpc) is 2.57. The van der Waals surface area contributed by atoms with Gasteiger partial charge in [0.05, 0.1) is 11.8 Å². The fourth-order valence-corrected chi connectivity index (χ4v) is 2.96. The molecule has 6 nitrogen and oxygen atoms in total. The highest BCUT2D eigenvalue weighted by molar-refractivity contribution is 6.14. The van der Waals surface area contributed by atoms with Crippen molar-refractivity contribution in [2.75, 3.05) is 5.43 Å². The van der Waals surface area contributed by atoms with Gasteiger partial charge in [-0.15, -0.1) is 0 Å². The number of nitrogens with zero attached hydrogens (tertiary/aromatic N) is 3. The predicted molar refractivity (Wildman–Crippen MR) is 96.7 cm³/mol. The Balaban J connectivity index is 1.72. The third kappa shape index (κ3) is 4.11. The van der Waals surface area contributed by atoms with E-state index in [2.05, 4.69) is 20.5 Å². The van der Waals surface area contributed by atoms with Gasteiger partial charge in [-0.25, -0.2) is 19.8 Å². The quantitative estimate of drug-likeness (QED) is 0.647. The molecule has 1 aromatic carbocycles. The summed E-state index contributed by atoms with van der Waals surface area (Å²) in [7, 11) is 0. The minimum absolute atomic E-state index is 0.0255. The van der Waals surface area contributed by atoms with Gasteiger partial charge in [0.15, 0.2) is 5.78 Å². The lowest BCUT2D eigenvalue weighted by Gasteiger charge is -2.22. The molecule has 0 unspecified atom stereocenters. The second kappa shape index (κ2) is 7.43. The van der Waals surface area contributed by atoms with Gasteiger partial charge < -0.3 is 5.11 Å². The van der Waals surface area contributed by atoms with E-state index in [1.165, 1.54) is 18.3 Å². The van der Waals surface area contributed by atoms with E-state index in [9.17, 15) is 14.3 Å². The van der Waals surface area contributed by atoms with Crippen LogP contribution in [0.2, 0.25) is 0 Å². The molecule has 1 aromatic heterocycles. The van der Waals surface area contributed by atoms with Gasteiger partial charge in [0, 0.05) is 24.2 Å². The maximum absolute atomic E-state index is 13.0. The third-order valence-electron chi connectivity index (χ3n) is 4.16. The second-order valence-corrected chi connectivity index (χ2v) is 6.28. The van der Waals surface area contributed by atoms with Crippen LogP contribution < -0.4 is 5.43 Å². The van der Waals surface area contributed by atoms with Crippen molar-refractivity contribution in [3.63, 3.8) is 0 Å². The van der Waals surface area contributed by atoms with Crippen LogP contribution in [-0.2, 0) is 4.79 Å². The van der Waals surface area contributed by atoms with Crippen LogP contribution in [0.1, 0.15) is 35.7 Å². The zero-order chi connectivity index (χ0) is 18.7. The molecule has 1 aliphatic rings. The largest absolute Gasteiger partial charge is 0.511 e. The van der Waals surface area contributed by atoms with Gasteiger partial charge in [0.2, 0.25) is 5.95 Å². The summed E-state index contributed by atoms with van der Waals surface area (Å²) in [4.78, 5) is 20.7. The first-order chi connectivity index (χ1) is 12.4. The zero-order valence-corrected chi connectivity index (χ0v) is 14.5. The van der Waals surface area contributed by atoms with Crippen LogP contribution in [0, 0.1) is 19.7 Å². The molecule has 3 rings (SSSR count). The lowest BCUT2D eigenvalue weighted by molar-refractivity contribution is -0.116. The summed E-state index contributed by atoms with van der Waals surface area (Å²) in [5.74, 6) is -0.414. The Morgan fingerprint density at radius 3 is 2.46 bits per heavy atom. The second-order valence-electron chi connectivity index (χ2n) is 6.28. The van der Waals surface area contributed by atoms with Crippen molar-refractivity contribution >= 4 is 17.9 Å². The third-order valence-corrected chi connectivity index (χ3v) is 4.16. The van der Waals surface area contributed by atoms with Crippen molar-refractivity contribution in [2.24, 2.45) is 5.10 Å². The molecule has 134 valence electrons. The maximum Gasteiger partial charge on any atom is 0.243 e. The van der Waals surface area contributed by atoms with Crippen LogP contribution in [0.15, 0.2) is 46.8 Å². The number of carbonyl (C=O) groups excluding carboxylic acids is 1. The standard InChI is InChI=1S/C19H19FN4O2/c1-11-7-12(2)23-19(22-11)24-21-10-16-17(25)8-14(9-18(16)26)13-3-5-15(20)6-4-13/h3-7,10,14,25H,8-9H2,1-2H3,(H,22,23,24)/b21-10+/t14-/m1/s1. The monoisotopic (exact) mass is 354 g/mol. The highest BCUT2D eigenvalue weighted by Crippen LogP contribution is 2.33. The van der Waals surface area contributed by atoms with Gasteiger partial charge in [0.25, 0.3) is 0 Å². The number of allylic oxidation sites excluding steroid dienone is 2. The van der Waals surface area contributed by atoms with Crippen LogP contribution in [0.25, 0.3) is 0 Å². The lowest BCUT2D eigenvalue weighted by Crippen LogP contribution is -2.19. The van der Waals surface area contributed by atoms with Crippen LogP contribution in [-0.4, -0.2) is 27.1 Å². The number of aliphatic hydroxyl groups excluding tert-OH is 1. The number of hydrogen-bond donors (Lipinski definition) is 2. The molecule has 0 saturated heterocycles. The van der Waals surface area contributed by atoms with E-state index in [-0.39, 0.29) is 35.3 Å². The van der Waals surface area contributed by atoms with Crippen molar-refractivity contribution < 1.29 is 14.3 Å². The van der Waals surface area contributed by atoms with Gasteiger partial charge >= 0.3 is 0 Å². The normalized spacial score (nSPS) is 17.8. The van der Waals surface area contributed by atoms with Crippen LogP contribution in [0.3, 0.4) is 0 Å². The van der Waals surface area contributed by atoms with Gasteiger partial charge in [-0.3, -0.25) is 4.79 Å². The highest BCUT2D eigenvalue weighted by Gasteiger charge is 2.27. The molecule has 1 heterocycles. The van der Waals surface area contributed by atoms with E-state index >= 15 is 0 Å². The molecule has 1 aliphatic carbocycles. The molecule has 7 heteroatoms. The van der Waals surface area contributed by atoms with Gasteiger partial charge in [-0.1, -0.05) is 12.1 Å². The fraction of sp³-hybridized carbons (Fsp3) is 0.263. The molecule has 0 aliphatic heterocycles. The van der Waals surface area contributed by atoms with Gasteiger partial charge in [0.1, 0.15) is 11.6 Å². The molecule has 0 spiro atoms. The molecule has 2 aromatic rings. The van der Waals surface area contributed by atoms with Crippen LogP contribution >= 0.6 is 0 Å². The number of aryl methyl sites for hydroxylation is 2. The van der Waals surface area contributed by atoms with Crippen molar-refractivity contribution in [3.05, 3.63) is 64.4 Å². The van der Waals surface area contributed by atoms with Crippen molar-refractivity contribution in [2.45, 2.75) is 32.6 Å². The summed E-state index contributed by atoms with van der Waals surface area (Å²) in [5, 5.41) is 14.2. The summed E-state index contributed by atoms with van der Waals surface area (Å²) in [6.45, 7) is 3.69. The number of nitrogens with one attached hydrogen (secondary N) is 1. The summed E-state index contributed by atoms with van der Waals surface area (Å²) < 4.78 is 13.0. The van der Waals surface area contributed by atoms with E-state index in [0.29, 0.717) is 12.4 Å². The SMILES string of the molecule is Cc1cc(C)nc(N/N=C/C2=C(O)C[C@@H](c3ccc(F)cc3)CC2=O)n1. The number of hydrogen-bond acceptors (Lipinski definition) is 6. The van der Waals surface area contributed by atoms with Crippen molar-refractivity contribution in [3.8, 4) is 0 Å². The lowest BCUT2D eigenvalue weighted by atomic mass is 9.83. The number of anilines is 1. The molecule has 26 heavy (non-hydrogen) atoms. The average molecular weight is 354 g/mol. The summed E-state index contributed by atoms with van der Waals surface area (Å²) in [6, 6.07) is 7.82. The van der Waals surface area contributed by atoms with E-state index in [1.807, 2.05) is 19.9 Å². The Morgan fingerprint density at radius 1 is 1.19 bits per heavy atom. The van der Waals surface area contributed by atoms with Crippen LogP contribution in [0.5, 0.6) is 0 Å². The zero-order valence-electron chi connectivity index (χ0n) is 14.5. The first-order valence-corrected chi connectivity index (χ1v) is 8.24. The van der Waals surface area contributed by atoms with Crippen LogP contribution in [0.4, 0.5) is 10.3 Å². The van der Waals surface area contributed by atoms with E-state index in [1.54, 1.807) is 12.1 Å². The Morgan fingerprint density at radius 2 is 1.85 bits per heavy atom. The summed E-state index contributed by atoms with van der Waals surface area (Å²) >= 11 is 0. The predicted octanol–water partition coefficient (Wildman–Crippen LogP) is 3.59. The molecule has 0 bridgehead atoms. The van der Waals surface area contributed by atoms with E-state index < -0.39 is 0 Å². The first-order valence-electron chi connectivity index (χ1n) is 8.24. The van der Waals surface area contributed by atoms with Gasteiger partial charge in [-0.05, 0) is 43.5 Å². The number of Topliss-reactive ketones (excluding diaryl/α,β-unsaturated/α-hetero) is 1. The molecule has 1 atom stereocenters. The number of aliphatic hydroxyl groups is 1. The molecular formula is C19H19FN4O2. The number of ketones is 1. The topological polar surface area (TPSA) is 87.5 Å². The molecule has 0 fully saturated rings. The molecule has 0 radical (unpaired) electrons. The molecule has 0 saturated carbocycles. The highest BCUT2D eigenvalue weighted by atomic mass is 19.1. The Kier molecular flexibility index (Phi) is 5.06. The Hall–Kier alpha value is -3.09. The number of aromatic nitrogens is 2. The van der Waals surface area contributed by atoms with E-state index in [0.717, 1.165) is 17.0 Å². The number of hydrazone groups is 1. The molecule has 2 N–H and O–H groups in total. The minimum atomic E-state index is -0.330. The first kappa shape index (κ1) is 17.7. The summed E-state index contributed by atoms with van der Waals surface area (Å²) in [6.07, 6.45) is 1.83. The smallest absolute Gasteiger partial charge is 0.243 e. The molecule has 0 amide bonds. The number of carbonyl (C=O) groups is 1.